The van der Waals surface area contributed by atoms with Crippen LogP contribution in [0.3, 0.4) is 0 Å². The first-order chi connectivity index (χ1) is 11.0. The molecule has 0 unspecified atom stereocenters. The maximum atomic E-state index is 12.8. The number of anilines is 2. The predicted octanol–water partition coefficient (Wildman–Crippen LogP) is 3.30. The van der Waals surface area contributed by atoms with Gasteiger partial charge in [0.15, 0.2) is 0 Å². The van der Waals surface area contributed by atoms with Gasteiger partial charge < -0.3 is 20.2 Å². The molecule has 0 aliphatic heterocycles. The summed E-state index contributed by atoms with van der Waals surface area (Å²) in [6.07, 6.45) is 5.08. The van der Waals surface area contributed by atoms with Crippen molar-refractivity contribution in [3.05, 3.63) is 24.3 Å². The second-order valence-electron chi connectivity index (χ2n) is 6.63. The fourth-order valence-electron chi connectivity index (χ4n) is 3.23. The minimum atomic E-state index is -0.522. The highest BCUT2D eigenvalue weighted by Crippen LogP contribution is 2.26. The summed E-state index contributed by atoms with van der Waals surface area (Å²) in [7, 11) is 3.92. The van der Waals surface area contributed by atoms with Crippen LogP contribution in [0.25, 0.3) is 0 Å². The molecule has 1 fully saturated rings. The molecular weight excluding hydrogens is 290 g/mol. The van der Waals surface area contributed by atoms with Gasteiger partial charge in [0.05, 0.1) is 17.5 Å². The number of urea groups is 1. The second kappa shape index (κ2) is 8.20. The molecule has 5 nitrogen and oxygen atoms in total. The number of hydrogen-bond donors (Lipinski definition) is 2. The monoisotopic (exact) mass is 319 g/mol. The Morgan fingerprint density at radius 1 is 1.26 bits per heavy atom. The molecule has 1 aromatic rings. The SMILES string of the molecule is C[C@@H](O)CN(C(=O)Nc1ccccc1N(C)C)C1CCCCC1. The van der Waals surface area contributed by atoms with Crippen molar-refractivity contribution in [2.75, 3.05) is 30.9 Å². The summed E-state index contributed by atoms with van der Waals surface area (Å²) < 4.78 is 0. The number of amides is 2. The van der Waals surface area contributed by atoms with Gasteiger partial charge in [-0.2, -0.15) is 0 Å². The zero-order valence-electron chi connectivity index (χ0n) is 14.5. The number of rotatable bonds is 5. The van der Waals surface area contributed by atoms with E-state index in [0.717, 1.165) is 37.1 Å². The molecule has 0 aromatic heterocycles. The Hall–Kier alpha value is -1.75. The first-order valence-corrected chi connectivity index (χ1v) is 8.51. The molecule has 0 saturated heterocycles. The van der Waals surface area contributed by atoms with E-state index >= 15 is 0 Å². The quantitative estimate of drug-likeness (QED) is 0.875. The van der Waals surface area contributed by atoms with Gasteiger partial charge in [-0.25, -0.2) is 4.79 Å². The lowest BCUT2D eigenvalue weighted by Crippen LogP contribution is -2.47. The average Bonchev–Trinajstić information content (AvgIpc) is 2.53. The minimum absolute atomic E-state index is 0.118. The fraction of sp³-hybridized carbons (Fsp3) is 0.611. The van der Waals surface area contributed by atoms with Crippen molar-refractivity contribution in [2.24, 2.45) is 0 Å². The topological polar surface area (TPSA) is 55.8 Å². The lowest BCUT2D eigenvalue weighted by molar-refractivity contribution is 0.105. The Bertz CT molecular complexity index is 511. The van der Waals surface area contributed by atoms with Crippen LogP contribution in [0.4, 0.5) is 16.2 Å². The van der Waals surface area contributed by atoms with Crippen molar-refractivity contribution in [3.8, 4) is 0 Å². The van der Waals surface area contributed by atoms with Gasteiger partial charge >= 0.3 is 6.03 Å². The largest absolute Gasteiger partial charge is 0.392 e. The van der Waals surface area contributed by atoms with Crippen LogP contribution in [0.5, 0.6) is 0 Å². The number of benzene rings is 1. The molecular formula is C18H29N3O2. The summed E-state index contributed by atoms with van der Waals surface area (Å²) in [5, 5.41) is 12.8. The molecule has 0 heterocycles. The van der Waals surface area contributed by atoms with E-state index in [4.69, 9.17) is 0 Å². The standard InChI is InChI=1S/C18H29N3O2/c1-14(22)13-21(15-9-5-4-6-10-15)18(23)19-16-11-7-8-12-17(16)20(2)3/h7-8,11-12,14-15,22H,4-6,9-10,13H2,1-3H3,(H,19,23)/t14-/m1/s1. The summed E-state index contributed by atoms with van der Waals surface area (Å²) >= 11 is 0. The molecule has 1 aliphatic carbocycles. The van der Waals surface area contributed by atoms with Gasteiger partial charge in [0.25, 0.3) is 0 Å². The molecule has 1 aliphatic rings. The van der Waals surface area contributed by atoms with E-state index in [1.807, 2.05) is 48.2 Å². The van der Waals surface area contributed by atoms with Crippen molar-refractivity contribution in [3.63, 3.8) is 0 Å². The van der Waals surface area contributed by atoms with Crippen LogP contribution in [0, 0.1) is 0 Å². The minimum Gasteiger partial charge on any atom is -0.392 e. The van der Waals surface area contributed by atoms with E-state index in [1.165, 1.54) is 6.42 Å². The maximum Gasteiger partial charge on any atom is 0.322 e. The van der Waals surface area contributed by atoms with E-state index in [2.05, 4.69) is 5.32 Å². The predicted molar refractivity (Wildman–Crippen MR) is 95.0 cm³/mol. The Morgan fingerprint density at radius 3 is 2.52 bits per heavy atom. The van der Waals surface area contributed by atoms with E-state index in [1.54, 1.807) is 6.92 Å². The third-order valence-corrected chi connectivity index (χ3v) is 4.36. The molecule has 0 bridgehead atoms. The molecule has 1 atom stereocenters. The highest BCUT2D eigenvalue weighted by Gasteiger charge is 2.26. The third-order valence-electron chi connectivity index (χ3n) is 4.36. The van der Waals surface area contributed by atoms with Crippen LogP contribution in [-0.2, 0) is 0 Å². The van der Waals surface area contributed by atoms with Gasteiger partial charge in [-0.15, -0.1) is 0 Å². The van der Waals surface area contributed by atoms with Crippen molar-refractivity contribution in [1.82, 2.24) is 4.90 Å². The summed E-state index contributed by atoms with van der Waals surface area (Å²) in [6, 6.07) is 7.88. The van der Waals surface area contributed by atoms with Crippen molar-refractivity contribution < 1.29 is 9.90 Å². The van der Waals surface area contributed by atoms with E-state index in [-0.39, 0.29) is 12.1 Å². The maximum absolute atomic E-state index is 12.8. The Balaban J connectivity index is 2.14. The highest BCUT2D eigenvalue weighted by atomic mass is 16.3. The molecule has 0 spiro atoms. The summed E-state index contributed by atoms with van der Waals surface area (Å²) in [6.45, 7) is 2.11. The molecule has 1 saturated carbocycles. The molecule has 2 rings (SSSR count). The van der Waals surface area contributed by atoms with Crippen LogP contribution >= 0.6 is 0 Å². The van der Waals surface area contributed by atoms with Crippen molar-refractivity contribution in [2.45, 2.75) is 51.2 Å². The van der Waals surface area contributed by atoms with Crippen LogP contribution in [0.15, 0.2) is 24.3 Å². The number of hydrogen-bond acceptors (Lipinski definition) is 3. The van der Waals surface area contributed by atoms with Crippen molar-refractivity contribution in [1.29, 1.82) is 0 Å². The number of para-hydroxylation sites is 2. The normalized spacial score (nSPS) is 16.7. The zero-order chi connectivity index (χ0) is 16.8. The molecule has 1 aromatic carbocycles. The number of aliphatic hydroxyl groups excluding tert-OH is 1. The van der Waals surface area contributed by atoms with Gasteiger partial charge in [-0.3, -0.25) is 0 Å². The Labute approximate surface area is 139 Å². The second-order valence-corrected chi connectivity index (χ2v) is 6.63. The van der Waals surface area contributed by atoms with E-state index < -0.39 is 6.10 Å². The number of aliphatic hydroxyl groups is 1. The lowest BCUT2D eigenvalue weighted by atomic mass is 9.94. The molecule has 128 valence electrons. The highest BCUT2D eigenvalue weighted by molar-refractivity contribution is 5.93. The summed E-state index contributed by atoms with van der Waals surface area (Å²) in [4.78, 5) is 16.6. The third kappa shape index (κ3) is 4.86. The average molecular weight is 319 g/mol. The van der Waals surface area contributed by atoms with Crippen LogP contribution in [-0.4, -0.2) is 48.8 Å². The molecule has 2 N–H and O–H groups in total. The smallest absolute Gasteiger partial charge is 0.322 e. The summed E-state index contributed by atoms with van der Waals surface area (Å²) in [5.74, 6) is 0. The molecule has 2 amide bonds. The summed E-state index contributed by atoms with van der Waals surface area (Å²) in [5.41, 5.74) is 1.77. The van der Waals surface area contributed by atoms with Gasteiger partial charge in [-0.1, -0.05) is 31.4 Å². The fourth-order valence-corrected chi connectivity index (χ4v) is 3.23. The Morgan fingerprint density at radius 2 is 1.91 bits per heavy atom. The molecule has 5 heteroatoms. The van der Waals surface area contributed by atoms with Crippen molar-refractivity contribution >= 4 is 17.4 Å². The number of nitrogens with zero attached hydrogens (tertiary/aromatic N) is 2. The van der Waals surface area contributed by atoms with E-state index in [0.29, 0.717) is 6.54 Å². The zero-order valence-corrected chi connectivity index (χ0v) is 14.5. The Kier molecular flexibility index (Phi) is 6.28. The molecule has 23 heavy (non-hydrogen) atoms. The van der Waals surface area contributed by atoms with Crippen LogP contribution in [0.2, 0.25) is 0 Å². The molecule has 0 radical (unpaired) electrons. The van der Waals surface area contributed by atoms with Gasteiger partial charge in [0.1, 0.15) is 0 Å². The van der Waals surface area contributed by atoms with Crippen LogP contribution < -0.4 is 10.2 Å². The first-order valence-electron chi connectivity index (χ1n) is 8.51. The lowest BCUT2D eigenvalue weighted by Gasteiger charge is -2.35. The van der Waals surface area contributed by atoms with Gasteiger partial charge in [0.2, 0.25) is 0 Å². The van der Waals surface area contributed by atoms with Crippen LogP contribution in [0.1, 0.15) is 39.0 Å². The van der Waals surface area contributed by atoms with E-state index in [9.17, 15) is 9.90 Å². The number of carbonyl (C=O) groups is 1. The van der Waals surface area contributed by atoms with Gasteiger partial charge in [0, 0.05) is 26.7 Å². The van der Waals surface area contributed by atoms with Gasteiger partial charge in [-0.05, 0) is 31.9 Å². The number of nitrogens with one attached hydrogen (secondary N) is 1. The number of carbonyl (C=O) groups excluding carboxylic acids is 1. The first kappa shape index (κ1) is 17.6.